The van der Waals surface area contributed by atoms with Crippen LogP contribution in [0.3, 0.4) is 0 Å². The second-order valence-corrected chi connectivity index (χ2v) is 4.12. The number of nitrogens with zero attached hydrogens (tertiary/aromatic N) is 1. The minimum Gasteiger partial charge on any atom is -0.387 e. The molecule has 0 aliphatic rings. The van der Waals surface area contributed by atoms with E-state index in [0.717, 1.165) is 11.3 Å². The average Bonchev–Trinajstić information content (AvgIpc) is 2.38. The minimum absolute atomic E-state index is 0.450. The van der Waals surface area contributed by atoms with Gasteiger partial charge in [-0.15, -0.1) is 0 Å². The highest BCUT2D eigenvalue weighted by molar-refractivity contribution is 6.30. The van der Waals surface area contributed by atoms with Crippen molar-refractivity contribution in [3.8, 4) is 0 Å². The van der Waals surface area contributed by atoms with Gasteiger partial charge in [0.15, 0.2) is 0 Å². The monoisotopic (exact) mass is 248 g/mol. The second-order valence-electron chi connectivity index (χ2n) is 3.68. The Morgan fingerprint density at radius 3 is 2.41 bits per heavy atom. The molecular formula is C13H13ClN2O. The summed E-state index contributed by atoms with van der Waals surface area (Å²) in [5.41, 5.74) is 1.78. The predicted molar refractivity (Wildman–Crippen MR) is 69.1 cm³/mol. The Balaban J connectivity index is 1.93. The maximum Gasteiger partial charge on any atom is 0.0962 e. The van der Waals surface area contributed by atoms with Gasteiger partial charge in [0.1, 0.15) is 0 Å². The van der Waals surface area contributed by atoms with Gasteiger partial charge < -0.3 is 10.4 Å². The molecule has 2 aromatic rings. The summed E-state index contributed by atoms with van der Waals surface area (Å²) in [5, 5.41) is 13.8. The van der Waals surface area contributed by atoms with E-state index >= 15 is 0 Å². The van der Waals surface area contributed by atoms with Gasteiger partial charge in [-0.25, -0.2) is 0 Å². The zero-order chi connectivity index (χ0) is 12.1. The Labute approximate surface area is 105 Å². The van der Waals surface area contributed by atoms with E-state index in [9.17, 15) is 5.11 Å². The van der Waals surface area contributed by atoms with E-state index in [0.29, 0.717) is 11.6 Å². The van der Waals surface area contributed by atoms with Gasteiger partial charge in [-0.2, -0.15) is 0 Å². The highest BCUT2D eigenvalue weighted by Gasteiger charge is 2.06. The topological polar surface area (TPSA) is 45.1 Å². The van der Waals surface area contributed by atoms with Crippen LogP contribution >= 0.6 is 11.6 Å². The summed E-state index contributed by atoms with van der Waals surface area (Å²) in [6.07, 6.45) is 2.86. The van der Waals surface area contributed by atoms with Gasteiger partial charge in [0, 0.05) is 29.6 Å². The van der Waals surface area contributed by atoms with Crippen molar-refractivity contribution in [1.29, 1.82) is 0 Å². The molecule has 0 saturated heterocycles. The van der Waals surface area contributed by atoms with Crippen molar-refractivity contribution >= 4 is 17.3 Å². The van der Waals surface area contributed by atoms with Crippen LogP contribution in [0, 0.1) is 0 Å². The lowest BCUT2D eigenvalue weighted by molar-refractivity contribution is 0.191. The normalized spacial score (nSPS) is 12.1. The Kier molecular flexibility index (Phi) is 3.96. The van der Waals surface area contributed by atoms with Crippen LogP contribution in [0.15, 0.2) is 48.8 Å². The molecule has 1 heterocycles. The van der Waals surface area contributed by atoms with E-state index in [1.165, 1.54) is 0 Å². The minimum atomic E-state index is -0.555. The summed E-state index contributed by atoms with van der Waals surface area (Å²) in [5.74, 6) is 0. The third kappa shape index (κ3) is 3.44. The molecular weight excluding hydrogens is 236 g/mol. The molecule has 4 heteroatoms. The number of aliphatic hydroxyl groups excluding tert-OH is 1. The zero-order valence-corrected chi connectivity index (χ0v) is 9.93. The number of anilines is 1. The van der Waals surface area contributed by atoms with Crippen LogP contribution in [0.2, 0.25) is 5.02 Å². The number of hydrogen-bond donors (Lipinski definition) is 2. The van der Waals surface area contributed by atoms with E-state index in [4.69, 9.17) is 11.6 Å². The van der Waals surface area contributed by atoms with E-state index in [2.05, 4.69) is 10.3 Å². The maximum absolute atomic E-state index is 9.95. The summed E-state index contributed by atoms with van der Waals surface area (Å²) >= 11 is 5.79. The summed E-state index contributed by atoms with van der Waals surface area (Å²) in [6, 6.07) is 10.9. The lowest BCUT2D eigenvalue weighted by Crippen LogP contribution is -2.11. The van der Waals surface area contributed by atoms with Gasteiger partial charge in [-0.3, -0.25) is 4.98 Å². The van der Waals surface area contributed by atoms with Crippen LogP contribution in [0.4, 0.5) is 5.69 Å². The van der Waals surface area contributed by atoms with Crippen molar-refractivity contribution in [2.45, 2.75) is 6.10 Å². The average molecular weight is 249 g/mol. The molecule has 1 aromatic heterocycles. The van der Waals surface area contributed by atoms with Crippen molar-refractivity contribution in [2.75, 3.05) is 11.9 Å². The number of halogens is 1. The molecule has 1 unspecified atom stereocenters. The van der Waals surface area contributed by atoms with Crippen LogP contribution < -0.4 is 5.32 Å². The first-order chi connectivity index (χ1) is 8.25. The predicted octanol–water partition coefficient (Wildman–Crippen LogP) is 2.88. The third-order valence-corrected chi connectivity index (χ3v) is 2.69. The molecule has 17 heavy (non-hydrogen) atoms. The smallest absolute Gasteiger partial charge is 0.0962 e. The highest BCUT2D eigenvalue weighted by Crippen LogP contribution is 2.17. The van der Waals surface area contributed by atoms with Crippen molar-refractivity contribution in [3.63, 3.8) is 0 Å². The molecule has 0 bridgehead atoms. The number of aromatic nitrogens is 1. The largest absolute Gasteiger partial charge is 0.387 e. The molecule has 0 spiro atoms. The first-order valence-electron chi connectivity index (χ1n) is 5.33. The van der Waals surface area contributed by atoms with Gasteiger partial charge in [-0.05, 0) is 29.8 Å². The fraction of sp³-hybridized carbons (Fsp3) is 0.154. The number of hydrogen-bond acceptors (Lipinski definition) is 3. The molecule has 0 amide bonds. The SMILES string of the molecule is OC(CNc1ccncc1)c1ccc(Cl)cc1. The van der Waals surface area contributed by atoms with Gasteiger partial charge >= 0.3 is 0 Å². The lowest BCUT2D eigenvalue weighted by Gasteiger charge is -2.13. The molecule has 0 fully saturated rings. The molecule has 0 aliphatic heterocycles. The maximum atomic E-state index is 9.95. The Hall–Kier alpha value is -1.58. The Morgan fingerprint density at radius 1 is 1.12 bits per heavy atom. The van der Waals surface area contributed by atoms with E-state index in [-0.39, 0.29) is 0 Å². The van der Waals surface area contributed by atoms with Crippen LogP contribution in [0.1, 0.15) is 11.7 Å². The van der Waals surface area contributed by atoms with Crippen molar-refractivity contribution in [1.82, 2.24) is 4.98 Å². The van der Waals surface area contributed by atoms with E-state index in [1.54, 1.807) is 24.5 Å². The number of benzene rings is 1. The van der Waals surface area contributed by atoms with Crippen LogP contribution in [-0.4, -0.2) is 16.6 Å². The van der Waals surface area contributed by atoms with Crippen molar-refractivity contribution < 1.29 is 5.11 Å². The molecule has 1 atom stereocenters. The van der Waals surface area contributed by atoms with Crippen LogP contribution in [0.5, 0.6) is 0 Å². The van der Waals surface area contributed by atoms with Gasteiger partial charge in [0.05, 0.1) is 6.10 Å². The first-order valence-corrected chi connectivity index (χ1v) is 5.71. The number of aliphatic hydroxyl groups is 1. The van der Waals surface area contributed by atoms with Crippen molar-refractivity contribution in [3.05, 3.63) is 59.4 Å². The van der Waals surface area contributed by atoms with Crippen LogP contribution in [-0.2, 0) is 0 Å². The Bertz CT molecular complexity index is 459. The Morgan fingerprint density at radius 2 is 1.76 bits per heavy atom. The first kappa shape index (κ1) is 11.9. The van der Waals surface area contributed by atoms with Gasteiger partial charge in [0.25, 0.3) is 0 Å². The standard InChI is InChI=1S/C13H13ClN2O/c14-11-3-1-10(2-4-11)13(17)9-16-12-5-7-15-8-6-12/h1-8,13,17H,9H2,(H,15,16). The zero-order valence-electron chi connectivity index (χ0n) is 9.18. The number of rotatable bonds is 4. The molecule has 1 aromatic carbocycles. The highest BCUT2D eigenvalue weighted by atomic mass is 35.5. The fourth-order valence-corrected chi connectivity index (χ4v) is 1.61. The van der Waals surface area contributed by atoms with Crippen LogP contribution in [0.25, 0.3) is 0 Å². The fourth-order valence-electron chi connectivity index (χ4n) is 1.49. The summed E-state index contributed by atoms with van der Waals surface area (Å²) in [6.45, 7) is 0.450. The lowest BCUT2D eigenvalue weighted by atomic mass is 10.1. The summed E-state index contributed by atoms with van der Waals surface area (Å²) in [4.78, 5) is 3.92. The van der Waals surface area contributed by atoms with E-state index in [1.807, 2.05) is 24.3 Å². The quantitative estimate of drug-likeness (QED) is 0.875. The second kappa shape index (κ2) is 5.66. The molecule has 2 N–H and O–H groups in total. The molecule has 88 valence electrons. The number of nitrogens with one attached hydrogen (secondary N) is 1. The van der Waals surface area contributed by atoms with Gasteiger partial charge in [-0.1, -0.05) is 23.7 Å². The molecule has 3 nitrogen and oxygen atoms in total. The molecule has 2 rings (SSSR count). The van der Waals surface area contributed by atoms with E-state index < -0.39 is 6.10 Å². The number of pyridine rings is 1. The van der Waals surface area contributed by atoms with Gasteiger partial charge in [0.2, 0.25) is 0 Å². The summed E-state index contributed by atoms with van der Waals surface area (Å²) in [7, 11) is 0. The molecule has 0 saturated carbocycles. The summed E-state index contributed by atoms with van der Waals surface area (Å²) < 4.78 is 0. The molecule has 0 radical (unpaired) electrons. The molecule has 0 aliphatic carbocycles. The van der Waals surface area contributed by atoms with Crippen molar-refractivity contribution in [2.24, 2.45) is 0 Å². The third-order valence-electron chi connectivity index (χ3n) is 2.43.